The van der Waals surface area contributed by atoms with Crippen LogP contribution in [0.3, 0.4) is 0 Å². The van der Waals surface area contributed by atoms with Gasteiger partial charge < -0.3 is 10.5 Å². The van der Waals surface area contributed by atoms with Crippen molar-refractivity contribution in [2.24, 2.45) is 11.7 Å². The van der Waals surface area contributed by atoms with E-state index in [0.717, 1.165) is 0 Å². The van der Waals surface area contributed by atoms with Crippen molar-refractivity contribution in [1.82, 2.24) is 0 Å². The van der Waals surface area contributed by atoms with Gasteiger partial charge in [0.05, 0.1) is 0 Å². The van der Waals surface area contributed by atoms with Gasteiger partial charge in [0.15, 0.2) is 0 Å². The average molecular weight is 157 g/mol. The minimum absolute atomic E-state index is 0.118. The van der Waals surface area contributed by atoms with E-state index in [1.54, 1.807) is 0 Å². The molecule has 1 atom stereocenters. The van der Waals surface area contributed by atoms with Crippen molar-refractivity contribution in [3.05, 3.63) is 12.7 Å². The number of hydrogen-bond donors (Lipinski definition) is 1. The third-order valence-electron chi connectivity index (χ3n) is 1.33. The first-order valence-corrected chi connectivity index (χ1v) is 3.62. The number of ether oxygens (including phenoxy) is 1. The highest BCUT2D eigenvalue weighted by molar-refractivity contribution is 5.75. The highest BCUT2D eigenvalue weighted by Gasteiger charge is 2.17. The van der Waals surface area contributed by atoms with Crippen molar-refractivity contribution in [1.29, 1.82) is 0 Å². The van der Waals surface area contributed by atoms with Crippen LogP contribution >= 0.6 is 0 Å². The molecule has 0 aliphatic heterocycles. The average Bonchev–Trinajstić information content (AvgIpc) is 1.98. The molecule has 11 heavy (non-hydrogen) atoms. The number of hydrogen-bond acceptors (Lipinski definition) is 3. The molecule has 0 aromatic rings. The Morgan fingerprint density at radius 3 is 2.64 bits per heavy atom. The fourth-order valence-electron chi connectivity index (χ4n) is 0.509. The van der Waals surface area contributed by atoms with Crippen LogP contribution in [0.15, 0.2) is 12.7 Å². The summed E-state index contributed by atoms with van der Waals surface area (Å²) in [5.74, 6) is -0.243. The number of rotatable bonds is 4. The molecule has 0 spiro atoms. The number of carbonyl (C=O) groups is 1. The SMILES string of the molecule is C=CCOC(=O)C(N)C(C)C. The van der Waals surface area contributed by atoms with E-state index in [9.17, 15) is 4.79 Å². The first kappa shape index (κ1) is 10.2. The fraction of sp³-hybridized carbons (Fsp3) is 0.625. The quantitative estimate of drug-likeness (QED) is 0.482. The van der Waals surface area contributed by atoms with E-state index in [0.29, 0.717) is 0 Å². The summed E-state index contributed by atoms with van der Waals surface area (Å²) < 4.78 is 4.73. The predicted octanol–water partition coefficient (Wildman–Crippen LogP) is 0.699. The lowest BCUT2D eigenvalue weighted by molar-refractivity contribution is -0.145. The summed E-state index contributed by atoms with van der Waals surface area (Å²) in [7, 11) is 0. The Morgan fingerprint density at radius 1 is 1.73 bits per heavy atom. The van der Waals surface area contributed by atoms with Gasteiger partial charge in [0.2, 0.25) is 0 Å². The zero-order valence-electron chi connectivity index (χ0n) is 7.04. The summed E-state index contributed by atoms with van der Waals surface area (Å²) in [6.45, 7) is 7.40. The van der Waals surface area contributed by atoms with Gasteiger partial charge in [-0.2, -0.15) is 0 Å². The molecule has 0 rings (SSSR count). The largest absolute Gasteiger partial charge is 0.460 e. The van der Waals surface area contributed by atoms with Gasteiger partial charge in [0.25, 0.3) is 0 Å². The standard InChI is InChI=1S/C8H15NO2/c1-4-5-11-8(10)7(9)6(2)3/h4,6-7H,1,5,9H2,2-3H3. The van der Waals surface area contributed by atoms with E-state index in [2.05, 4.69) is 6.58 Å². The van der Waals surface area contributed by atoms with Crippen LogP contribution in [0.25, 0.3) is 0 Å². The monoisotopic (exact) mass is 157 g/mol. The third-order valence-corrected chi connectivity index (χ3v) is 1.33. The molecule has 3 heteroatoms. The van der Waals surface area contributed by atoms with Crippen LogP contribution in [-0.2, 0) is 9.53 Å². The van der Waals surface area contributed by atoms with Crippen molar-refractivity contribution in [3.8, 4) is 0 Å². The number of esters is 1. The molecule has 0 aromatic heterocycles. The van der Waals surface area contributed by atoms with Crippen LogP contribution in [-0.4, -0.2) is 18.6 Å². The minimum Gasteiger partial charge on any atom is -0.460 e. The third kappa shape index (κ3) is 3.78. The summed E-state index contributed by atoms with van der Waals surface area (Å²) in [4.78, 5) is 10.9. The second-order valence-corrected chi connectivity index (χ2v) is 2.69. The molecular weight excluding hydrogens is 142 g/mol. The van der Waals surface area contributed by atoms with Gasteiger partial charge in [0.1, 0.15) is 12.6 Å². The molecule has 0 bridgehead atoms. The fourth-order valence-corrected chi connectivity index (χ4v) is 0.509. The summed E-state index contributed by atoms with van der Waals surface area (Å²) >= 11 is 0. The molecule has 0 aliphatic carbocycles. The Balaban J connectivity index is 3.73. The lowest BCUT2D eigenvalue weighted by Crippen LogP contribution is -2.36. The van der Waals surface area contributed by atoms with Crippen molar-refractivity contribution >= 4 is 5.97 Å². The zero-order valence-corrected chi connectivity index (χ0v) is 7.04. The molecule has 0 saturated heterocycles. The van der Waals surface area contributed by atoms with Gasteiger partial charge >= 0.3 is 5.97 Å². The molecular formula is C8H15NO2. The Kier molecular flexibility index (Phi) is 4.54. The summed E-state index contributed by atoms with van der Waals surface area (Å²) in [5.41, 5.74) is 5.49. The molecule has 0 fully saturated rings. The number of carbonyl (C=O) groups excluding carboxylic acids is 1. The molecule has 64 valence electrons. The van der Waals surface area contributed by atoms with Gasteiger partial charge in [-0.25, -0.2) is 0 Å². The van der Waals surface area contributed by atoms with Crippen molar-refractivity contribution in [3.63, 3.8) is 0 Å². The molecule has 3 nitrogen and oxygen atoms in total. The second-order valence-electron chi connectivity index (χ2n) is 2.69. The highest BCUT2D eigenvalue weighted by atomic mass is 16.5. The molecule has 0 radical (unpaired) electrons. The van der Waals surface area contributed by atoms with Crippen LogP contribution in [0, 0.1) is 5.92 Å². The molecule has 0 heterocycles. The van der Waals surface area contributed by atoms with Crippen LogP contribution in [0.5, 0.6) is 0 Å². The first-order valence-electron chi connectivity index (χ1n) is 3.62. The van der Waals surface area contributed by atoms with Gasteiger partial charge in [-0.15, -0.1) is 0 Å². The molecule has 0 aromatic carbocycles. The Bertz CT molecular complexity index is 143. The van der Waals surface area contributed by atoms with Gasteiger partial charge in [-0.1, -0.05) is 26.5 Å². The predicted molar refractivity (Wildman–Crippen MR) is 44.0 cm³/mol. The minimum atomic E-state index is -0.519. The summed E-state index contributed by atoms with van der Waals surface area (Å²) in [6.07, 6.45) is 1.52. The van der Waals surface area contributed by atoms with E-state index in [1.807, 2.05) is 13.8 Å². The lowest BCUT2D eigenvalue weighted by atomic mass is 10.1. The topological polar surface area (TPSA) is 52.3 Å². The van der Waals surface area contributed by atoms with Crippen LogP contribution < -0.4 is 5.73 Å². The Morgan fingerprint density at radius 2 is 2.27 bits per heavy atom. The molecule has 0 amide bonds. The van der Waals surface area contributed by atoms with E-state index >= 15 is 0 Å². The van der Waals surface area contributed by atoms with Crippen LogP contribution in [0.1, 0.15) is 13.8 Å². The van der Waals surface area contributed by atoms with Crippen molar-refractivity contribution in [2.75, 3.05) is 6.61 Å². The molecule has 0 aliphatic rings. The van der Waals surface area contributed by atoms with E-state index in [1.165, 1.54) is 6.08 Å². The van der Waals surface area contributed by atoms with E-state index in [-0.39, 0.29) is 18.5 Å². The molecule has 2 N–H and O–H groups in total. The maximum absolute atomic E-state index is 10.9. The van der Waals surface area contributed by atoms with E-state index in [4.69, 9.17) is 10.5 Å². The van der Waals surface area contributed by atoms with Crippen molar-refractivity contribution in [2.45, 2.75) is 19.9 Å². The van der Waals surface area contributed by atoms with Crippen LogP contribution in [0.2, 0.25) is 0 Å². The van der Waals surface area contributed by atoms with E-state index < -0.39 is 6.04 Å². The zero-order chi connectivity index (χ0) is 8.85. The smallest absolute Gasteiger partial charge is 0.323 e. The highest BCUT2D eigenvalue weighted by Crippen LogP contribution is 1.99. The van der Waals surface area contributed by atoms with Gasteiger partial charge in [-0.3, -0.25) is 4.79 Å². The normalized spacial score (nSPS) is 12.7. The Hall–Kier alpha value is -0.830. The first-order chi connectivity index (χ1) is 5.09. The summed E-state index contributed by atoms with van der Waals surface area (Å²) in [5, 5.41) is 0. The second kappa shape index (κ2) is 4.91. The van der Waals surface area contributed by atoms with Crippen molar-refractivity contribution < 1.29 is 9.53 Å². The number of nitrogens with two attached hydrogens (primary N) is 1. The lowest BCUT2D eigenvalue weighted by Gasteiger charge is -2.13. The van der Waals surface area contributed by atoms with Gasteiger partial charge in [-0.05, 0) is 5.92 Å². The Labute approximate surface area is 67.2 Å². The molecule has 1 unspecified atom stereocenters. The molecule has 0 saturated carbocycles. The maximum atomic E-state index is 10.9. The maximum Gasteiger partial charge on any atom is 0.323 e. The van der Waals surface area contributed by atoms with Gasteiger partial charge in [0, 0.05) is 0 Å². The van der Waals surface area contributed by atoms with Crippen LogP contribution in [0.4, 0.5) is 0 Å². The summed E-state index contributed by atoms with van der Waals surface area (Å²) in [6, 6.07) is -0.519.